The summed E-state index contributed by atoms with van der Waals surface area (Å²) in [6.45, 7) is 3.62. The zero-order valence-corrected chi connectivity index (χ0v) is 15.6. The third-order valence-corrected chi connectivity index (χ3v) is 4.48. The van der Waals surface area contributed by atoms with Crippen molar-refractivity contribution in [3.05, 3.63) is 12.2 Å². The van der Waals surface area contributed by atoms with Crippen LogP contribution in [0.15, 0.2) is 12.2 Å². The number of aliphatic carboxylic acids is 1. The van der Waals surface area contributed by atoms with E-state index in [1.165, 1.54) is 6.92 Å². The molecule has 0 aliphatic heterocycles. The van der Waals surface area contributed by atoms with Gasteiger partial charge >= 0.3 is 5.97 Å². The van der Waals surface area contributed by atoms with Gasteiger partial charge in [-0.3, -0.25) is 9.59 Å². The van der Waals surface area contributed by atoms with E-state index in [-0.39, 0.29) is 12.2 Å². The lowest BCUT2D eigenvalue weighted by Gasteiger charge is -2.23. The minimum absolute atomic E-state index is 0.137. The van der Waals surface area contributed by atoms with E-state index in [0.29, 0.717) is 12.8 Å². The zero-order chi connectivity index (χ0) is 18.3. The van der Waals surface area contributed by atoms with Gasteiger partial charge in [-0.25, -0.2) is 0 Å². The Kier molecular flexibility index (Phi) is 13.5. The average Bonchev–Trinajstić information content (AvgIpc) is 2.53. The fourth-order valence-corrected chi connectivity index (χ4v) is 2.73. The Morgan fingerprint density at radius 2 is 1.54 bits per heavy atom. The van der Waals surface area contributed by atoms with E-state index >= 15 is 0 Å². The first kappa shape index (κ1) is 22.8. The Hall–Kier alpha value is -1.16. The number of Topliss-reactive ketones (excluding diaryl/α,β-unsaturated/α-hetero) is 1. The van der Waals surface area contributed by atoms with Gasteiger partial charge in [-0.2, -0.15) is 0 Å². The number of carbonyl (C=O) groups is 2. The Morgan fingerprint density at radius 3 is 2.17 bits per heavy atom. The van der Waals surface area contributed by atoms with Crippen LogP contribution in [0.5, 0.6) is 0 Å². The SMILES string of the molecule is CCCCCC[C@@](O)(C/C=C\CCCCCCCC(=O)O)C(C)=O. The maximum atomic E-state index is 11.7. The maximum absolute atomic E-state index is 11.7. The van der Waals surface area contributed by atoms with E-state index in [2.05, 4.69) is 13.0 Å². The molecule has 0 fully saturated rings. The number of carboxylic acids is 1. The molecule has 0 saturated heterocycles. The number of hydrogen-bond donors (Lipinski definition) is 2. The molecule has 4 heteroatoms. The molecular weight excluding hydrogens is 304 g/mol. The molecule has 0 spiro atoms. The summed E-state index contributed by atoms with van der Waals surface area (Å²) in [5, 5.41) is 19.0. The summed E-state index contributed by atoms with van der Waals surface area (Å²) in [6.07, 6.45) is 15.4. The number of carbonyl (C=O) groups excluding carboxylic acids is 1. The highest BCUT2D eigenvalue weighted by atomic mass is 16.4. The average molecular weight is 341 g/mol. The van der Waals surface area contributed by atoms with Crippen LogP contribution in [0.1, 0.15) is 97.3 Å². The van der Waals surface area contributed by atoms with E-state index in [1.54, 1.807) is 0 Å². The third kappa shape index (κ3) is 12.3. The summed E-state index contributed by atoms with van der Waals surface area (Å²) in [6, 6.07) is 0. The second-order valence-electron chi connectivity index (χ2n) is 6.77. The van der Waals surface area contributed by atoms with Crippen molar-refractivity contribution >= 4 is 11.8 Å². The van der Waals surface area contributed by atoms with Crippen molar-refractivity contribution in [2.75, 3.05) is 0 Å². The fourth-order valence-electron chi connectivity index (χ4n) is 2.73. The number of aliphatic hydroxyl groups is 1. The molecule has 0 radical (unpaired) electrons. The predicted molar refractivity (Wildman–Crippen MR) is 98.1 cm³/mol. The van der Waals surface area contributed by atoms with Crippen LogP contribution in [0.2, 0.25) is 0 Å². The van der Waals surface area contributed by atoms with Crippen molar-refractivity contribution in [3.8, 4) is 0 Å². The van der Waals surface area contributed by atoms with Gasteiger partial charge in [-0.05, 0) is 32.6 Å². The van der Waals surface area contributed by atoms with Gasteiger partial charge in [0.05, 0.1) is 0 Å². The first-order valence-corrected chi connectivity index (χ1v) is 9.52. The van der Waals surface area contributed by atoms with E-state index in [0.717, 1.165) is 64.2 Å². The van der Waals surface area contributed by atoms with Gasteiger partial charge in [0.25, 0.3) is 0 Å². The van der Waals surface area contributed by atoms with Gasteiger partial charge in [-0.1, -0.05) is 64.0 Å². The molecule has 4 nitrogen and oxygen atoms in total. The summed E-state index contributed by atoms with van der Waals surface area (Å²) in [4.78, 5) is 22.1. The standard InChI is InChI=1S/C20H36O4/c1-3-4-5-13-16-20(24,18(2)21)17-14-11-9-7-6-8-10-12-15-19(22)23/h11,14,24H,3-10,12-13,15-17H2,1-2H3,(H,22,23)/b14-11-/t20-/m1/s1. The maximum Gasteiger partial charge on any atom is 0.303 e. The Bertz CT molecular complexity index is 376. The smallest absolute Gasteiger partial charge is 0.303 e. The van der Waals surface area contributed by atoms with Gasteiger partial charge < -0.3 is 10.2 Å². The van der Waals surface area contributed by atoms with Crippen LogP contribution in [0, 0.1) is 0 Å². The van der Waals surface area contributed by atoms with Crippen molar-refractivity contribution in [1.82, 2.24) is 0 Å². The normalized spacial score (nSPS) is 14.0. The van der Waals surface area contributed by atoms with Gasteiger partial charge in [0.2, 0.25) is 0 Å². The first-order chi connectivity index (χ1) is 11.4. The molecule has 2 N–H and O–H groups in total. The molecule has 0 aromatic carbocycles. The molecule has 0 aliphatic carbocycles. The van der Waals surface area contributed by atoms with Gasteiger partial charge in [0, 0.05) is 12.8 Å². The molecule has 0 aliphatic rings. The second kappa shape index (κ2) is 14.2. The predicted octanol–water partition coefficient (Wildman–Crippen LogP) is 5.04. The van der Waals surface area contributed by atoms with Crippen LogP contribution >= 0.6 is 0 Å². The highest BCUT2D eigenvalue weighted by Gasteiger charge is 2.30. The van der Waals surface area contributed by atoms with Crippen molar-refractivity contribution in [1.29, 1.82) is 0 Å². The molecule has 0 heterocycles. The minimum atomic E-state index is -1.19. The highest BCUT2D eigenvalue weighted by Crippen LogP contribution is 2.22. The van der Waals surface area contributed by atoms with Crippen molar-refractivity contribution in [2.45, 2.75) is 103 Å². The van der Waals surface area contributed by atoms with Crippen LogP contribution in [-0.2, 0) is 9.59 Å². The molecule has 0 amide bonds. The lowest BCUT2D eigenvalue weighted by Crippen LogP contribution is -2.36. The number of hydrogen-bond acceptors (Lipinski definition) is 3. The summed E-state index contributed by atoms with van der Waals surface area (Å²) in [7, 11) is 0. The van der Waals surface area contributed by atoms with Crippen LogP contribution in [0.4, 0.5) is 0 Å². The van der Waals surface area contributed by atoms with Crippen LogP contribution < -0.4 is 0 Å². The number of rotatable bonds is 16. The summed E-state index contributed by atoms with van der Waals surface area (Å²) < 4.78 is 0. The van der Waals surface area contributed by atoms with Crippen molar-refractivity contribution < 1.29 is 19.8 Å². The van der Waals surface area contributed by atoms with E-state index in [1.807, 2.05) is 6.08 Å². The molecule has 0 aromatic rings. The van der Waals surface area contributed by atoms with Crippen molar-refractivity contribution in [2.24, 2.45) is 0 Å². The van der Waals surface area contributed by atoms with Crippen LogP contribution in [0.3, 0.4) is 0 Å². The fraction of sp³-hybridized carbons (Fsp3) is 0.800. The minimum Gasteiger partial charge on any atom is -0.481 e. The summed E-state index contributed by atoms with van der Waals surface area (Å²) in [5.41, 5.74) is -1.19. The molecule has 0 bridgehead atoms. The van der Waals surface area contributed by atoms with Gasteiger partial charge in [0.15, 0.2) is 5.78 Å². The first-order valence-electron chi connectivity index (χ1n) is 9.52. The molecule has 0 saturated carbocycles. The largest absolute Gasteiger partial charge is 0.481 e. The zero-order valence-electron chi connectivity index (χ0n) is 15.6. The second-order valence-corrected chi connectivity index (χ2v) is 6.77. The Balaban J connectivity index is 3.82. The molecule has 0 rings (SSSR count). The molecule has 24 heavy (non-hydrogen) atoms. The van der Waals surface area contributed by atoms with Gasteiger partial charge in [-0.15, -0.1) is 0 Å². The summed E-state index contributed by atoms with van der Waals surface area (Å²) >= 11 is 0. The Labute approximate surface area is 147 Å². The molecular formula is C20H36O4. The van der Waals surface area contributed by atoms with Crippen LogP contribution in [0.25, 0.3) is 0 Å². The highest BCUT2D eigenvalue weighted by molar-refractivity contribution is 5.84. The van der Waals surface area contributed by atoms with E-state index in [4.69, 9.17) is 5.11 Å². The molecule has 1 atom stereocenters. The number of allylic oxidation sites excluding steroid dienone is 1. The molecule has 0 aromatic heterocycles. The lowest BCUT2D eigenvalue weighted by molar-refractivity contribution is -0.137. The van der Waals surface area contributed by atoms with Crippen LogP contribution in [-0.4, -0.2) is 27.6 Å². The number of unbranched alkanes of at least 4 members (excludes halogenated alkanes) is 8. The lowest BCUT2D eigenvalue weighted by atomic mass is 9.88. The quantitative estimate of drug-likeness (QED) is 0.305. The van der Waals surface area contributed by atoms with Crippen molar-refractivity contribution in [3.63, 3.8) is 0 Å². The summed E-state index contributed by atoms with van der Waals surface area (Å²) in [5.74, 6) is -0.854. The van der Waals surface area contributed by atoms with Gasteiger partial charge in [0.1, 0.15) is 5.60 Å². The number of carboxylic acid groups (broad SMARTS) is 1. The topological polar surface area (TPSA) is 74.6 Å². The van der Waals surface area contributed by atoms with E-state index < -0.39 is 11.6 Å². The molecule has 140 valence electrons. The Morgan fingerprint density at radius 1 is 0.917 bits per heavy atom. The third-order valence-electron chi connectivity index (χ3n) is 4.48. The molecule has 0 unspecified atom stereocenters. The number of ketones is 1. The monoisotopic (exact) mass is 340 g/mol. The van der Waals surface area contributed by atoms with E-state index in [9.17, 15) is 14.7 Å².